The molecule has 0 saturated heterocycles. The van der Waals surface area contributed by atoms with E-state index in [0.717, 1.165) is 39.2 Å². The van der Waals surface area contributed by atoms with E-state index in [1.807, 2.05) is 77.1 Å². The van der Waals surface area contributed by atoms with Gasteiger partial charge >= 0.3 is 0 Å². The highest BCUT2D eigenvalue weighted by atomic mass is 32.2. The Bertz CT molecular complexity index is 1080. The normalized spacial score (nSPS) is 12.2. The number of sulfonamides is 1. The van der Waals surface area contributed by atoms with Gasteiger partial charge in [-0.05, 0) is 50.3 Å². The van der Waals surface area contributed by atoms with Gasteiger partial charge in [-0.25, -0.2) is 8.42 Å². The molecule has 0 aliphatic rings. The van der Waals surface area contributed by atoms with Gasteiger partial charge in [0.2, 0.25) is 21.8 Å². The van der Waals surface area contributed by atoms with Crippen molar-refractivity contribution in [1.29, 1.82) is 0 Å². The van der Waals surface area contributed by atoms with E-state index < -0.39 is 22.0 Å². The monoisotopic (exact) mass is 487 g/mol. The summed E-state index contributed by atoms with van der Waals surface area (Å²) in [7, 11) is -3.75. The molecule has 0 spiro atoms. The summed E-state index contributed by atoms with van der Waals surface area (Å²) in [5.41, 5.74) is 3.98. The van der Waals surface area contributed by atoms with Crippen molar-refractivity contribution in [2.24, 2.45) is 0 Å². The number of nitrogens with one attached hydrogen (secondary N) is 1. The summed E-state index contributed by atoms with van der Waals surface area (Å²) in [6.45, 7) is 9.78. The van der Waals surface area contributed by atoms with Crippen molar-refractivity contribution in [1.82, 2.24) is 10.2 Å². The minimum atomic E-state index is -3.75. The maximum atomic E-state index is 13.7. The van der Waals surface area contributed by atoms with Crippen molar-refractivity contribution in [2.75, 3.05) is 23.7 Å². The van der Waals surface area contributed by atoms with Crippen LogP contribution < -0.4 is 9.62 Å². The molecule has 0 aliphatic heterocycles. The summed E-state index contributed by atoms with van der Waals surface area (Å²) >= 11 is 0. The fraction of sp³-hybridized carbons (Fsp3) is 0.462. The van der Waals surface area contributed by atoms with Gasteiger partial charge < -0.3 is 10.2 Å². The lowest BCUT2D eigenvalue weighted by atomic mass is 10.1. The first-order valence-corrected chi connectivity index (χ1v) is 13.5. The summed E-state index contributed by atoms with van der Waals surface area (Å²) in [6, 6.07) is 12.5. The molecule has 34 heavy (non-hydrogen) atoms. The van der Waals surface area contributed by atoms with E-state index in [2.05, 4.69) is 5.32 Å². The van der Waals surface area contributed by atoms with Crippen molar-refractivity contribution in [3.05, 3.63) is 64.7 Å². The Labute approximate surface area is 204 Å². The highest BCUT2D eigenvalue weighted by Crippen LogP contribution is 2.27. The van der Waals surface area contributed by atoms with Gasteiger partial charge in [-0.3, -0.25) is 13.9 Å². The number of para-hydroxylation sites is 1. The molecule has 7 nitrogen and oxygen atoms in total. The van der Waals surface area contributed by atoms with E-state index in [1.54, 1.807) is 0 Å². The summed E-state index contributed by atoms with van der Waals surface area (Å²) in [5.74, 6) is -0.657. The van der Waals surface area contributed by atoms with Gasteiger partial charge in [0.05, 0.1) is 11.9 Å². The van der Waals surface area contributed by atoms with Crippen LogP contribution in [0.3, 0.4) is 0 Å². The first-order chi connectivity index (χ1) is 16.0. The number of carbonyl (C=O) groups excluding carboxylic acids is 2. The zero-order valence-corrected chi connectivity index (χ0v) is 21.9. The molecule has 1 N–H and O–H groups in total. The first-order valence-electron chi connectivity index (χ1n) is 11.7. The minimum Gasteiger partial charge on any atom is -0.354 e. The molecule has 0 fully saturated rings. The zero-order chi connectivity index (χ0) is 25.5. The van der Waals surface area contributed by atoms with Crippen LogP contribution in [0.5, 0.6) is 0 Å². The lowest BCUT2D eigenvalue weighted by molar-refractivity contribution is -0.140. The van der Waals surface area contributed by atoms with Gasteiger partial charge in [-0.1, -0.05) is 61.9 Å². The molecule has 0 aliphatic carbocycles. The number of benzene rings is 2. The van der Waals surface area contributed by atoms with E-state index >= 15 is 0 Å². The van der Waals surface area contributed by atoms with Gasteiger partial charge in [0.1, 0.15) is 12.6 Å². The second-order valence-electron chi connectivity index (χ2n) is 8.73. The third-order valence-corrected chi connectivity index (χ3v) is 6.89. The number of amides is 2. The fourth-order valence-electron chi connectivity index (χ4n) is 3.95. The predicted octanol–water partition coefficient (Wildman–Crippen LogP) is 3.71. The van der Waals surface area contributed by atoms with Crippen molar-refractivity contribution in [3.8, 4) is 0 Å². The van der Waals surface area contributed by atoms with Crippen LogP contribution in [0, 0.1) is 20.8 Å². The number of carbonyl (C=O) groups is 2. The van der Waals surface area contributed by atoms with Crippen molar-refractivity contribution < 1.29 is 18.0 Å². The number of rotatable bonds is 11. The lowest BCUT2D eigenvalue weighted by Gasteiger charge is -2.33. The zero-order valence-electron chi connectivity index (χ0n) is 21.1. The molecule has 0 heterocycles. The molecule has 1 atom stereocenters. The summed E-state index contributed by atoms with van der Waals surface area (Å²) in [5, 5.41) is 2.88. The number of aryl methyl sites for hydroxylation is 3. The number of hydrogen-bond acceptors (Lipinski definition) is 4. The molecular weight excluding hydrogens is 450 g/mol. The standard InChI is InChI=1S/C26H37N3O4S/c1-7-16-27-26(31)23(8-2)28(17-22-14-12-19(3)13-15-22)24(30)18-29(34(6,32)33)25-20(4)10-9-11-21(25)5/h9-15,23H,7-8,16-18H2,1-6H3,(H,27,31). The lowest BCUT2D eigenvalue weighted by Crippen LogP contribution is -2.52. The van der Waals surface area contributed by atoms with Crippen LogP contribution in [0.25, 0.3) is 0 Å². The molecule has 0 radical (unpaired) electrons. The van der Waals surface area contributed by atoms with Crippen LogP contribution in [-0.4, -0.2) is 50.5 Å². The summed E-state index contributed by atoms with van der Waals surface area (Å²) < 4.78 is 26.7. The molecule has 0 aromatic heterocycles. The molecule has 2 aromatic rings. The first kappa shape index (κ1) is 27.4. The number of nitrogens with zero attached hydrogens (tertiary/aromatic N) is 2. The average molecular weight is 488 g/mol. The second-order valence-corrected chi connectivity index (χ2v) is 10.6. The van der Waals surface area contributed by atoms with Crippen molar-refractivity contribution in [3.63, 3.8) is 0 Å². The molecule has 2 aromatic carbocycles. The largest absolute Gasteiger partial charge is 0.354 e. The third-order valence-electron chi connectivity index (χ3n) is 5.78. The summed E-state index contributed by atoms with van der Waals surface area (Å²) in [6.07, 6.45) is 2.29. The molecule has 2 amide bonds. The Morgan fingerprint density at radius 1 is 0.971 bits per heavy atom. The highest BCUT2D eigenvalue weighted by molar-refractivity contribution is 7.92. The van der Waals surface area contributed by atoms with Crippen LogP contribution in [0.2, 0.25) is 0 Å². The quantitative estimate of drug-likeness (QED) is 0.523. The van der Waals surface area contributed by atoms with E-state index in [4.69, 9.17) is 0 Å². The van der Waals surface area contributed by atoms with Crippen molar-refractivity contribution in [2.45, 2.75) is 60.0 Å². The minimum absolute atomic E-state index is 0.210. The topological polar surface area (TPSA) is 86.8 Å². The van der Waals surface area contributed by atoms with Crippen molar-refractivity contribution >= 4 is 27.5 Å². The molecule has 1 unspecified atom stereocenters. The average Bonchev–Trinajstić information content (AvgIpc) is 2.77. The Kier molecular flexibility index (Phi) is 9.67. The Balaban J connectivity index is 2.47. The Hall–Kier alpha value is -2.87. The van der Waals surface area contributed by atoms with Crippen LogP contribution in [0.4, 0.5) is 5.69 Å². The van der Waals surface area contributed by atoms with Gasteiger partial charge in [0.15, 0.2) is 0 Å². The highest BCUT2D eigenvalue weighted by Gasteiger charge is 2.32. The maximum Gasteiger partial charge on any atom is 0.244 e. The molecule has 2 rings (SSSR count). The van der Waals surface area contributed by atoms with Crippen LogP contribution >= 0.6 is 0 Å². The van der Waals surface area contributed by atoms with Crippen LogP contribution in [0.15, 0.2) is 42.5 Å². The van der Waals surface area contributed by atoms with E-state index in [1.165, 1.54) is 4.90 Å². The smallest absolute Gasteiger partial charge is 0.244 e. The van der Waals surface area contributed by atoms with Gasteiger partial charge in [-0.2, -0.15) is 0 Å². The molecule has 0 saturated carbocycles. The van der Waals surface area contributed by atoms with E-state index in [9.17, 15) is 18.0 Å². The van der Waals surface area contributed by atoms with Crippen LogP contribution in [-0.2, 0) is 26.2 Å². The fourth-order valence-corrected chi connectivity index (χ4v) is 4.92. The molecule has 0 bridgehead atoms. The molecular formula is C26H37N3O4S. The Morgan fingerprint density at radius 3 is 2.06 bits per heavy atom. The van der Waals surface area contributed by atoms with Gasteiger partial charge in [0, 0.05) is 13.1 Å². The third kappa shape index (κ3) is 7.06. The van der Waals surface area contributed by atoms with E-state index in [-0.39, 0.29) is 19.0 Å². The maximum absolute atomic E-state index is 13.7. The van der Waals surface area contributed by atoms with Gasteiger partial charge in [-0.15, -0.1) is 0 Å². The predicted molar refractivity (Wildman–Crippen MR) is 137 cm³/mol. The van der Waals surface area contributed by atoms with Gasteiger partial charge in [0.25, 0.3) is 0 Å². The number of hydrogen-bond donors (Lipinski definition) is 1. The molecule has 8 heteroatoms. The van der Waals surface area contributed by atoms with Crippen LogP contribution in [0.1, 0.15) is 48.9 Å². The Morgan fingerprint density at radius 2 is 1.56 bits per heavy atom. The van der Waals surface area contributed by atoms with E-state index in [0.29, 0.717) is 18.7 Å². The second kappa shape index (κ2) is 12.0. The SMILES string of the molecule is CCCNC(=O)C(CC)N(Cc1ccc(C)cc1)C(=O)CN(c1c(C)cccc1C)S(C)(=O)=O. The summed E-state index contributed by atoms with van der Waals surface area (Å²) in [4.78, 5) is 28.1. The number of anilines is 1. The molecule has 186 valence electrons.